The molecule has 1 aromatic heterocycles. The summed E-state index contributed by atoms with van der Waals surface area (Å²) in [4.78, 5) is 4.13. The molecule has 2 N–H and O–H groups in total. The fraction of sp³-hybridized carbons (Fsp3) is 0.154. The van der Waals surface area contributed by atoms with Crippen LogP contribution in [0.5, 0.6) is 0 Å². The second-order valence-corrected chi connectivity index (χ2v) is 4.01. The average Bonchev–Trinajstić information content (AvgIpc) is 2.28. The van der Waals surface area contributed by atoms with E-state index in [-0.39, 0.29) is 0 Å². The number of hydrogen-bond donors (Lipinski definition) is 1. The molecule has 2 nitrogen and oxygen atoms in total. The van der Waals surface area contributed by atoms with Crippen LogP contribution in [0.1, 0.15) is 11.1 Å². The minimum absolute atomic E-state index is 0.531. The fourth-order valence-electron chi connectivity index (χ4n) is 1.72. The fourth-order valence-corrected chi connectivity index (χ4v) is 1.72. The summed E-state index contributed by atoms with van der Waals surface area (Å²) in [6, 6.07) is 6.66. The highest BCUT2D eigenvalue weighted by molar-refractivity contribution is 5.65. The number of benzene rings is 1. The normalized spacial score (nSPS) is 11.6. The standard InChI is InChI=1S/C13H11F3N2/c1-8-6-11(17)7-18-12(8)9-2-4-10(5-3-9)13(14,15)16/h2-7H,17H2,1H3. The van der Waals surface area contributed by atoms with E-state index in [0.29, 0.717) is 16.9 Å². The first-order chi connectivity index (χ1) is 8.38. The number of nitrogens with two attached hydrogens (primary N) is 1. The molecule has 0 aliphatic rings. The molecule has 0 aliphatic carbocycles. The minimum atomic E-state index is -4.32. The molecule has 0 amide bonds. The van der Waals surface area contributed by atoms with E-state index in [2.05, 4.69) is 4.98 Å². The Labute approximate surface area is 102 Å². The van der Waals surface area contributed by atoms with Crippen molar-refractivity contribution >= 4 is 5.69 Å². The summed E-state index contributed by atoms with van der Waals surface area (Å²) in [5.74, 6) is 0. The number of aryl methyl sites for hydroxylation is 1. The van der Waals surface area contributed by atoms with Crippen LogP contribution in [0.25, 0.3) is 11.3 Å². The van der Waals surface area contributed by atoms with Crippen LogP contribution in [0, 0.1) is 6.92 Å². The van der Waals surface area contributed by atoms with Gasteiger partial charge in [-0.2, -0.15) is 13.2 Å². The van der Waals surface area contributed by atoms with E-state index < -0.39 is 11.7 Å². The molecular weight excluding hydrogens is 241 g/mol. The predicted molar refractivity (Wildman–Crippen MR) is 63.8 cm³/mol. The SMILES string of the molecule is Cc1cc(N)cnc1-c1ccc(C(F)(F)F)cc1. The third kappa shape index (κ3) is 2.45. The van der Waals surface area contributed by atoms with Crippen LogP contribution in [0.4, 0.5) is 18.9 Å². The average molecular weight is 252 g/mol. The van der Waals surface area contributed by atoms with Crippen molar-refractivity contribution in [2.45, 2.75) is 13.1 Å². The number of nitrogens with zero attached hydrogens (tertiary/aromatic N) is 1. The van der Waals surface area contributed by atoms with Crippen LogP contribution in [0.3, 0.4) is 0 Å². The molecule has 0 spiro atoms. The van der Waals surface area contributed by atoms with E-state index in [4.69, 9.17) is 5.73 Å². The molecule has 1 heterocycles. The molecule has 0 saturated heterocycles. The number of nitrogen functional groups attached to an aromatic ring is 1. The minimum Gasteiger partial charge on any atom is -0.397 e. The molecule has 0 atom stereocenters. The predicted octanol–water partition coefficient (Wildman–Crippen LogP) is 3.66. The molecule has 0 fully saturated rings. The van der Waals surface area contributed by atoms with Gasteiger partial charge in [-0.15, -0.1) is 0 Å². The Morgan fingerprint density at radius 3 is 2.22 bits per heavy atom. The Balaban J connectivity index is 2.41. The topological polar surface area (TPSA) is 38.9 Å². The van der Waals surface area contributed by atoms with Gasteiger partial charge in [0.05, 0.1) is 23.1 Å². The lowest BCUT2D eigenvalue weighted by Gasteiger charge is -2.09. The third-order valence-electron chi connectivity index (χ3n) is 2.59. The number of alkyl halides is 3. The van der Waals surface area contributed by atoms with E-state index >= 15 is 0 Å². The maximum atomic E-state index is 12.4. The molecule has 0 radical (unpaired) electrons. The molecule has 5 heteroatoms. The summed E-state index contributed by atoms with van der Waals surface area (Å²) in [5.41, 5.74) is 7.54. The van der Waals surface area contributed by atoms with E-state index in [1.807, 2.05) is 6.92 Å². The molecule has 0 aliphatic heterocycles. The van der Waals surface area contributed by atoms with Crippen molar-refractivity contribution in [1.82, 2.24) is 4.98 Å². The first-order valence-electron chi connectivity index (χ1n) is 5.27. The number of pyridine rings is 1. The second kappa shape index (κ2) is 4.33. The molecule has 2 rings (SSSR count). The van der Waals surface area contributed by atoms with Gasteiger partial charge in [0.2, 0.25) is 0 Å². The van der Waals surface area contributed by atoms with E-state index in [1.165, 1.54) is 18.3 Å². The van der Waals surface area contributed by atoms with Gasteiger partial charge in [0, 0.05) is 5.56 Å². The lowest BCUT2D eigenvalue weighted by molar-refractivity contribution is -0.137. The highest BCUT2D eigenvalue weighted by Crippen LogP contribution is 2.31. The Bertz CT molecular complexity index is 559. The van der Waals surface area contributed by atoms with Crippen molar-refractivity contribution in [2.24, 2.45) is 0 Å². The van der Waals surface area contributed by atoms with Crippen LogP contribution >= 0.6 is 0 Å². The molecule has 0 saturated carbocycles. The molecule has 0 unspecified atom stereocenters. The van der Waals surface area contributed by atoms with Gasteiger partial charge in [0.15, 0.2) is 0 Å². The zero-order chi connectivity index (χ0) is 13.3. The quantitative estimate of drug-likeness (QED) is 0.841. The molecule has 0 bridgehead atoms. The van der Waals surface area contributed by atoms with Gasteiger partial charge in [0.25, 0.3) is 0 Å². The van der Waals surface area contributed by atoms with E-state index in [1.54, 1.807) is 6.07 Å². The van der Waals surface area contributed by atoms with E-state index in [0.717, 1.165) is 17.7 Å². The Morgan fingerprint density at radius 1 is 1.11 bits per heavy atom. The Kier molecular flexibility index (Phi) is 2.98. The summed E-state index contributed by atoms with van der Waals surface area (Å²) in [6.07, 6.45) is -2.83. The second-order valence-electron chi connectivity index (χ2n) is 4.01. The smallest absolute Gasteiger partial charge is 0.397 e. The van der Waals surface area contributed by atoms with Crippen molar-refractivity contribution in [3.8, 4) is 11.3 Å². The van der Waals surface area contributed by atoms with Crippen molar-refractivity contribution in [3.63, 3.8) is 0 Å². The maximum Gasteiger partial charge on any atom is 0.416 e. The largest absolute Gasteiger partial charge is 0.416 e. The summed E-state index contributed by atoms with van der Waals surface area (Å²) in [6.45, 7) is 1.82. The highest BCUT2D eigenvalue weighted by atomic mass is 19.4. The number of rotatable bonds is 1. The van der Waals surface area contributed by atoms with Gasteiger partial charge in [-0.05, 0) is 30.7 Å². The first kappa shape index (κ1) is 12.4. The van der Waals surface area contributed by atoms with Crippen molar-refractivity contribution in [2.75, 3.05) is 5.73 Å². The molecular formula is C13H11F3N2. The molecule has 18 heavy (non-hydrogen) atoms. The maximum absolute atomic E-state index is 12.4. The van der Waals surface area contributed by atoms with Gasteiger partial charge in [-0.3, -0.25) is 4.98 Å². The van der Waals surface area contributed by atoms with E-state index in [9.17, 15) is 13.2 Å². The van der Waals surface area contributed by atoms with Crippen molar-refractivity contribution in [3.05, 3.63) is 47.7 Å². The number of halogens is 3. The molecule has 94 valence electrons. The monoisotopic (exact) mass is 252 g/mol. The zero-order valence-electron chi connectivity index (χ0n) is 9.62. The van der Waals surface area contributed by atoms with Gasteiger partial charge in [-0.1, -0.05) is 12.1 Å². The summed E-state index contributed by atoms with van der Waals surface area (Å²) >= 11 is 0. The lowest BCUT2D eigenvalue weighted by Crippen LogP contribution is -2.04. The van der Waals surface area contributed by atoms with Crippen LogP contribution < -0.4 is 5.73 Å². The van der Waals surface area contributed by atoms with Crippen LogP contribution in [0.15, 0.2) is 36.5 Å². The Hall–Kier alpha value is -2.04. The summed E-state index contributed by atoms with van der Waals surface area (Å²) < 4.78 is 37.3. The van der Waals surface area contributed by atoms with Crippen LogP contribution in [-0.4, -0.2) is 4.98 Å². The van der Waals surface area contributed by atoms with Crippen molar-refractivity contribution < 1.29 is 13.2 Å². The van der Waals surface area contributed by atoms with Gasteiger partial charge in [0.1, 0.15) is 0 Å². The zero-order valence-corrected chi connectivity index (χ0v) is 9.62. The van der Waals surface area contributed by atoms with Crippen LogP contribution in [-0.2, 0) is 6.18 Å². The van der Waals surface area contributed by atoms with Gasteiger partial charge in [-0.25, -0.2) is 0 Å². The number of hydrogen-bond acceptors (Lipinski definition) is 2. The van der Waals surface area contributed by atoms with Gasteiger partial charge >= 0.3 is 6.18 Å². The summed E-state index contributed by atoms with van der Waals surface area (Å²) in [7, 11) is 0. The Morgan fingerprint density at radius 2 is 1.72 bits per heavy atom. The lowest BCUT2D eigenvalue weighted by atomic mass is 10.0. The first-order valence-corrected chi connectivity index (χ1v) is 5.27. The van der Waals surface area contributed by atoms with Crippen molar-refractivity contribution in [1.29, 1.82) is 0 Å². The van der Waals surface area contributed by atoms with Gasteiger partial charge < -0.3 is 5.73 Å². The summed E-state index contributed by atoms with van der Waals surface area (Å²) in [5, 5.41) is 0. The highest BCUT2D eigenvalue weighted by Gasteiger charge is 2.30. The molecule has 2 aromatic rings. The third-order valence-corrected chi connectivity index (χ3v) is 2.59. The number of aromatic nitrogens is 1. The van der Waals surface area contributed by atoms with Crippen LogP contribution in [0.2, 0.25) is 0 Å². The number of anilines is 1. The molecule has 1 aromatic carbocycles.